The molecule has 0 N–H and O–H groups in total. The minimum absolute atomic E-state index is 0.487. The van der Waals surface area contributed by atoms with Crippen molar-refractivity contribution >= 4 is 35.8 Å². The molecule has 0 amide bonds. The zero-order chi connectivity index (χ0) is 33.6. The number of hydrogen-bond acceptors (Lipinski definition) is 18. The lowest BCUT2D eigenvalue weighted by Crippen LogP contribution is -2.66. The Bertz CT molecular complexity index is 1200. The fourth-order valence-electron chi connectivity index (χ4n) is 4.94. The minimum atomic E-state index is -1.83. The number of hydrogen-bond donors (Lipinski definition) is 0. The van der Waals surface area contributed by atoms with E-state index in [-0.39, 0.29) is 0 Å². The van der Waals surface area contributed by atoms with Crippen molar-refractivity contribution < 1.29 is 80.9 Å². The number of ether oxygens (including phenoxy) is 11. The van der Waals surface area contributed by atoms with Crippen LogP contribution in [0.2, 0.25) is 0 Å². The molecule has 3 aliphatic rings. The lowest BCUT2D eigenvalue weighted by molar-refractivity contribution is -0.348. The van der Waals surface area contributed by atoms with Gasteiger partial charge in [0, 0.05) is 48.5 Å². The largest absolute Gasteiger partial charge is 0.463 e. The Balaban J connectivity index is 2.10. The SMILES string of the molecule is CC(=O)OC[C@H]1O[C@@H](O[C@H]2[C@H](OC(C)=O)[C@H]3O[C@](C)(C#N)O[C@H]3O[C@@H]2COC(C)=O)[C@H](OC(C)=O)[C@@H](OC(C)=O)[C@H]1OC(C)=O. The van der Waals surface area contributed by atoms with E-state index >= 15 is 0 Å². The van der Waals surface area contributed by atoms with Crippen molar-refractivity contribution in [3.63, 3.8) is 0 Å². The van der Waals surface area contributed by atoms with Crippen LogP contribution in [0.25, 0.3) is 0 Å². The van der Waals surface area contributed by atoms with Crippen LogP contribution in [0.3, 0.4) is 0 Å². The average molecular weight is 646 g/mol. The highest BCUT2D eigenvalue weighted by atomic mass is 16.8. The number of fused-ring (bicyclic) bond motifs is 1. The van der Waals surface area contributed by atoms with Crippen LogP contribution in [0.1, 0.15) is 48.5 Å². The van der Waals surface area contributed by atoms with Gasteiger partial charge in [0.1, 0.15) is 37.6 Å². The zero-order valence-electron chi connectivity index (χ0n) is 25.6. The lowest BCUT2D eigenvalue weighted by atomic mass is 9.96. The first-order chi connectivity index (χ1) is 21.0. The Morgan fingerprint density at radius 3 is 1.58 bits per heavy atom. The van der Waals surface area contributed by atoms with Crippen molar-refractivity contribution in [3.05, 3.63) is 0 Å². The Hall–Kier alpha value is -3.89. The summed E-state index contributed by atoms with van der Waals surface area (Å²) in [4.78, 5) is 72.1. The minimum Gasteiger partial charge on any atom is -0.463 e. The van der Waals surface area contributed by atoms with Crippen LogP contribution in [0, 0.1) is 11.3 Å². The fourth-order valence-corrected chi connectivity index (χ4v) is 4.94. The molecule has 3 fully saturated rings. The molecule has 3 aliphatic heterocycles. The highest BCUT2D eigenvalue weighted by Gasteiger charge is 2.61. The molecule has 0 saturated carbocycles. The van der Waals surface area contributed by atoms with Crippen LogP contribution in [0.5, 0.6) is 0 Å². The molecule has 0 radical (unpaired) electrons. The van der Waals surface area contributed by atoms with E-state index in [0.717, 1.165) is 41.5 Å². The smallest absolute Gasteiger partial charge is 0.303 e. The summed E-state index contributed by atoms with van der Waals surface area (Å²) < 4.78 is 61.5. The molecule has 18 nitrogen and oxygen atoms in total. The standard InChI is InChI=1S/C27H35NO17/c1-11(29)35-8-17-19(37-13(3)31)21(38-14(4)32)23(40-16(6)34)25(41-17)43-20-18(9-36-12(2)30)42-26-24(22(20)39-15(5)33)44-27(7,10-28)45-26/h17-26H,8-9H2,1-7H3/t17-,18-,19+,20-,21+,22+,23-,24-,25+,26-,27+/m1/s1. The Labute approximate surface area is 257 Å². The highest BCUT2D eigenvalue weighted by Crippen LogP contribution is 2.40. The number of carbonyl (C=O) groups is 6. The van der Waals surface area contributed by atoms with Gasteiger partial charge in [-0.15, -0.1) is 0 Å². The number of esters is 6. The second-order valence-electron chi connectivity index (χ2n) is 10.3. The van der Waals surface area contributed by atoms with E-state index in [1.807, 2.05) is 6.07 Å². The number of nitriles is 1. The van der Waals surface area contributed by atoms with E-state index in [2.05, 4.69) is 0 Å². The van der Waals surface area contributed by atoms with Gasteiger partial charge in [0.15, 0.2) is 43.1 Å². The third-order valence-electron chi connectivity index (χ3n) is 6.49. The first-order valence-electron chi connectivity index (χ1n) is 13.7. The maximum atomic E-state index is 12.3. The molecule has 18 heteroatoms. The number of rotatable bonds is 10. The predicted molar refractivity (Wildman–Crippen MR) is 138 cm³/mol. The maximum Gasteiger partial charge on any atom is 0.303 e. The zero-order valence-corrected chi connectivity index (χ0v) is 25.6. The van der Waals surface area contributed by atoms with Crippen molar-refractivity contribution in [1.29, 1.82) is 5.26 Å². The number of carbonyl (C=O) groups excluding carboxylic acids is 6. The van der Waals surface area contributed by atoms with E-state index in [1.165, 1.54) is 6.92 Å². The second kappa shape index (κ2) is 14.9. The summed E-state index contributed by atoms with van der Waals surface area (Å²) in [6.45, 7) is 6.77. The van der Waals surface area contributed by atoms with Gasteiger partial charge in [0.25, 0.3) is 5.79 Å². The van der Waals surface area contributed by atoms with E-state index in [4.69, 9.17) is 52.1 Å². The Kier molecular flexibility index (Phi) is 11.8. The van der Waals surface area contributed by atoms with Crippen LogP contribution in [0.15, 0.2) is 0 Å². The van der Waals surface area contributed by atoms with Gasteiger partial charge >= 0.3 is 35.8 Å². The van der Waals surface area contributed by atoms with Crippen LogP contribution >= 0.6 is 0 Å². The molecular weight excluding hydrogens is 610 g/mol. The van der Waals surface area contributed by atoms with E-state index in [1.54, 1.807) is 0 Å². The normalized spacial score (nSPS) is 35.5. The first-order valence-corrected chi connectivity index (χ1v) is 13.7. The monoisotopic (exact) mass is 645 g/mol. The molecule has 0 spiro atoms. The quantitative estimate of drug-likeness (QED) is 0.212. The lowest BCUT2D eigenvalue weighted by Gasteiger charge is -2.47. The molecule has 3 saturated heterocycles. The molecular formula is C27H35NO17. The summed E-state index contributed by atoms with van der Waals surface area (Å²) in [6, 6.07) is 1.83. The van der Waals surface area contributed by atoms with Crippen molar-refractivity contribution in [2.75, 3.05) is 13.2 Å². The van der Waals surface area contributed by atoms with Crippen molar-refractivity contribution in [3.8, 4) is 6.07 Å². The molecule has 11 atom stereocenters. The molecule has 3 rings (SSSR count). The molecule has 0 aromatic heterocycles. The predicted octanol–water partition coefficient (Wildman–Crippen LogP) is -0.670. The first kappa shape index (κ1) is 35.6. The summed E-state index contributed by atoms with van der Waals surface area (Å²) in [7, 11) is 0. The van der Waals surface area contributed by atoms with Crippen molar-refractivity contribution in [2.45, 2.75) is 116 Å². The summed E-state index contributed by atoms with van der Waals surface area (Å²) in [5, 5.41) is 9.59. The van der Waals surface area contributed by atoms with E-state index in [9.17, 15) is 34.0 Å². The van der Waals surface area contributed by atoms with Crippen LogP contribution < -0.4 is 0 Å². The van der Waals surface area contributed by atoms with Gasteiger partial charge in [-0.25, -0.2) is 0 Å². The fraction of sp³-hybridized carbons (Fsp3) is 0.741. The van der Waals surface area contributed by atoms with Gasteiger partial charge in [-0.2, -0.15) is 5.26 Å². The van der Waals surface area contributed by atoms with Gasteiger partial charge in [-0.05, 0) is 0 Å². The Morgan fingerprint density at radius 2 is 1.09 bits per heavy atom. The third-order valence-corrected chi connectivity index (χ3v) is 6.49. The van der Waals surface area contributed by atoms with E-state index in [0.29, 0.717) is 0 Å². The second-order valence-corrected chi connectivity index (χ2v) is 10.3. The summed E-state index contributed by atoms with van der Waals surface area (Å²) in [5.41, 5.74) is 0. The molecule has 0 unspecified atom stereocenters. The van der Waals surface area contributed by atoms with Crippen molar-refractivity contribution in [1.82, 2.24) is 0 Å². The molecule has 0 aliphatic carbocycles. The summed E-state index contributed by atoms with van der Waals surface area (Å²) in [5.74, 6) is -6.68. The highest BCUT2D eigenvalue weighted by molar-refractivity contribution is 5.69. The van der Waals surface area contributed by atoms with Crippen molar-refractivity contribution in [2.24, 2.45) is 0 Å². The van der Waals surface area contributed by atoms with E-state index < -0.39 is 116 Å². The van der Waals surface area contributed by atoms with Gasteiger partial charge in [-0.1, -0.05) is 0 Å². The number of nitrogens with zero attached hydrogens (tertiary/aromatic N) is 1. The van der Waals surface area contributed by atoms with Crippen LogP contribution in [-0.2, 0) is 80.9 Å². The molecule has 0 bridgehead atoms. The van der Waals surface area contributed by atoms with Gasteiger partial charge in [-0.3, -0.25) is 28.8 Å². The third kappa shape index (κ3) is 9.31. The van der Waals surface area contributed by atoms with Gasteiger partial charge in [0.05, 0.1) is 0 Å². The average Bonchev–Trinajstić information content (AvgIpc) is 3.26. The molecule has 0 aromatic rings. The van der Waals surface area contributed by atoms with Crippen LogP contribution in [0.4, 0.5) is 0 Å². The van der Waals surface area contributed by atoms with Crippen LogP contribution in [-0.4, -0.2) is 116 Å². The van der Waals surface area contributed by atoms with Gasteiger partial charge in [0.2, 0.25) is 0 Å². The molecule has 45 heavy (non-hydrogen) atoms. The van der Waals surface area contributed by atoms with Gasteiger partial charge < -0.3 is 52.1 Å². The molecule has 0 aromatic carbocycles. The summed E-state index contributed by atoms with van der Waals surface area (Å²) in [6.07, 6.45) is -14.5. The molecule has 250 valence electrons. The molecule has 3 heterocycles. The Morgan fingerprint density at radius 1 is 0.622 bits per heavy atom. The topological polar surface area (TPSA) is 228 Å². The maximum absolute atomic E-state index is 12.3. The summed E-state index contributed by atoms with van der Waals surface area (Å²) >= 11 is 0.